The van der Waals surface area contributed by atoms with Crippen molar-refractivity contribution in [2.75, 3.05) is 30.7 Å². The Kier molecular flexibility index (Phi) is 8.24. The maximum atomic E-state index is 13.1. The molecule has 2 N–H and O–H groups in total. The Balaban J connectivity index is 1.47. The average Bonchev–Trinajstić information content (AvgIpc) is 3.73. The van der Waals surface area contributed by atoms with Crippen molar-refractivity contribution in [1.82, 2.24) is 25.0 Å². The molecule has 0 aliphatic heterocycles. The van der Waals surface area contributed by atoms with E-state index in [9.17, 15) is 22.8 Å². The molecule has 2 aromatic carbocycles. The number of rotatable bonds is 10. The second kappa shape index (κ2) is 11.7. The number of hydrogen-bond donors (Lipinski definition) is 2. The van der Waals surface area contributed by atoms with Crippen LogP contribution in [0.3, 0.4) is 0 Å². The lowest BCUT2D eigenvalue weighted by Gasteiger charge is -2.25. The van der Waals surface area contributed by atoms with E-state index in [0.29, 0.717) is 34.4 Å². The third kappa shape index (κ3) is 6.12. The van der Waals surface area contributed by atoms with E-state index in [-0.39, 0.29) is 36.0 Å². The molecule has 1 aliphatic rings. The number of carbonyl (C=O) groups excluding carboxylic acids is 2. The van der Waals surface area contributed by atoms with Crippen LogP contribution in [0, 0.1) is 0 Å². The zero-order valence-corrected chi connectivity index (χ0v) is 25.8. The van der Waals surface area contributed by atoms with Crippen LogP contribution in [0.1, 0.15) is 51.6 Å². The van der Waals surface area contributed by atoms with Gasteiger partial charge in [0.2, 0.25) is 10.0 Å². The van der Waals surface area contributed by atoms with Gasteiger partial charge >= 0.3 is 0 Å². The molecule has 2 heterocycles. The van der Waals surface area contributed by atoms with Crippen LogP contribution >= 0.6 is 15.9 Å². The predicted molar refractivity (Wildman–Crippen MR) is 165 cm³/mol. The fraction of sp³-hybridized carbons (Fsp3) is 0.310. The Morgan fingerprint density at radius 3 is 2.43 bits per heavy atom. The maximum Gasteiger partial charge on any atom is 0.270 e. The monoisotopic (exact) mass is 654 g/mol. The summed E-state index contributed by atoms with van der Waals surface area (Å²) >= 11 is 3.43. The van der Waals surface area contributed by atoms with E-state index in [0.717, 1.165) is 29.1 Å². The summed E-state index contributed by atoms with van der Waals surface area (Å²) < 4.78 is 31.3. The first kappa shape index (κ1) is 29.5. The van der Waals surface area contributed by atoms with Crippen molar-refractivity contribution in [3.63, 3.8) is 0 Å². The Labute approximate surface area is 251 Å². The summed E-state index contributed by atoms with van der Waals surface area (Å²) in [5.41, 5.74) is 2.86. The molecule has 4 aromatic rings. The third-order valence-corrected chi connectivity index (χ3v) is 8.92. The second-order valence-corrected chi connectivity index (χ2v) is 13.2. The Morgan fingerprint density at radius 1 is 1.10 bits per heavy atom. The number of sulfonamides is 1. The highest BCUT2D eigenvalue weighted by molar-refractivity contribution is 9.10. The molecule has 0 radical (unpaired) electrons. The summed E-state index contributed by atoms with van der Waals surface area (Å²) in [6.45, 7) is 0.330. The summed E-state index contributed by atoms with van der Waals surface area (Å²) in [5.74, 6) is -0.539. The predicted octanol–water partition coefficient (Wildman–Crippen LogP) is 3.31. The molecule has 0 saturated heterocycles. The lowest BCUT2D eigenvalue weighted by atomic mass is 10.0. The van der Waals surface area contributed by atoms with Crippen LogP contribution in [0.5, 0.6) is 0 Å². The number of nitrogens with zero attached hydrogens (tertiary/aromatic N) is 4. The molecule has 2 amide bonds. The van der Waals surface area contributed by atoms with E-state index in [1.165, 1.54) is 21.1 Å². The van der Waals surface area contributed by atoms with E-state index in [2.05, 4.69) is 26.6 Å². The van der Waals surface area contributed by atoms with Crippen molar-refractivity contribution >= 4 is 54.4 Å². The van der Waals surface area contributed by atoms with Crippen molar-refractivity contribution in [3.8, 4) is 5.69 Å². The SMILES string of the molecule is CNC(=O)c1c2cc(C3CC3)c(N(CCCNC(=O)c3ccn(C)c(=O)c3)S(C)(=O)=O)cc2nn1-c1ccc(Br)cc1. The minimum absolute atomic E-state index is 0.122. The smallest absolute Gasteiger partial charge is 0.270 e. The molecule has 11 nitrogen and oxygen atoms in total. The number of amides is 2. The average molecular weight is 656 g/mol. The molecule has 1 saturated carbocycles. The van der Waals surface area contributed by atoms with Gasteiger partial charge in [-0.2, -0.15) is 5.10 Å². The van der Waals surface area contributed by atoms with Gasteiger partial charge in [-0.1, -0.05) is 15.9 Å². The van der Waals surface area contributed by atoms with Crippen LogP contribution in [0.15, 0.2) is 64.0 Å². The van der Waals surface area contributed by atoms with E-state index < -0.39 is 15.9 Å². The first-order valence-electron chi connectivity index (χ1n) is 13.4. The largest absolute Gasteiger partial charge is 0.354 e. The molecule has 1 aliphatic carbocycles. The van der Waals surface area contributed by atoms with Crippen LogP contribution in [-0.2, 0) is 17.1 Å². The van der Waals surface area contributed by atoms with Crippen molar-refractivity contribution in [2.45, 2.75) is 25.2 Å². The fourth-order valence-corrected chi connectivity index (χ4v) is 6.10. The van der Waals surface area contributed by atoms with E-state index >= 15 is 0 Å². The molecular weight excluding hydrogens is 624 g/mol. The summed E-state index contributed by atoms with van der Waals surface area (Å²) in [6, 6.07) is 13.9. The molecule has 42 heavy (non-hydrogen) atoms. The Morgan fingerprint density at radius 2 is 1.81 bits per heavy atom. The second-order valence-electron chi connectivity index (χ2n) is 10.3. The highest BCUT2D eigenvalue weighted by Gasteiger charge is 2.32. The van der Waals surface area contributed by atoms with Gasteiger partial charge in [-0.3, -0.25) is 18.7 Å². The van der Waals surface area contributed by atoms with Gasteiger partial charge in [0.25, 0.3) is 17.4 Å². The number of benzene rings is 2. The molecule has 0 bridgehead atoms. The summed E-state index contributed by atoms with van der Waals surface area (Å²) in [7, 11) is -0.543. The van der Waals surface area contributed by atoms with E-state index in [4.69, 9.17) is 5.10 Å². The number of nitrogens with one attached hydrogen (secondary N) is 2. The summed E-state index contributed by atoms with van der Waals surface area (Å²) in [5, 5.41) is 10.8. The first-order chi connectivity index (χ1) is 20.0. The molecule has 1 fully saturated rings. The fourth-order valence-electron chi connectivity index (χ4n) is 4.86. The van der Waals surface area contributed by atoms with Crippen LogP contribution in [0.2, 0.25) is 0 Å². The third-order valence-electron chi connectivity index (χ3n) is 7.21. The first-order valence-corrected chi connectivity index (χ1v) is 16.1. The van der Waals surface area contributed by atoms with Gasteiger partial charge in [-0.15, -0.1) is 0 Å². The van der Waals surface area contributed by atoms with Crippen LogP contribution in [0.4, 0.5) is 5.69 Å². The Bertz CT molecular complexity index is 1840. The standard InChI is InChI=1S/C29H31BrN6O5S/c1-31-29(39)27-23-16-22(18-5-6-18)25(17-24(23)33-36(27)21-9-7-20(30)8-10-21)35(42(3,40)41)13-4-12-32-28(38)19-11-14-34(2)26(37)15-19/h7-11,14-18H,4-6,12-13H2,1-3H3,(H,31,39)(H,32,38). The highest BCUT2D eigenvalue weighted by Crippen LogP contribution is 2.46. The number of carbonyl (C=O) groups is 2. The van der Waals surface area contributed by atoms with Crippen molar-refractivity contribution in [1.29, 1.82) is 0 Å². The molecule has 5 rings (SSSR count). The quantitative estimate of drug-likeness (QED) is 0.252. The van der Waals surface area contributed by atoms with Crippen LogP contribution in [-0.4, -0.2) is 61.0 Å². The van der Waals surface area contributed by atoms with Gasteiger partial charge in [0.05, 0.1) is 23.1 Å². The highest BCUT2D eigenvalue weighted by atomic mass is 79.9. The lowest BCUT2D eigenvalue weighted by molar-refractivity contribution is 0.0946. The summed E-state index contributed by atoms with van der Waals surface area (Å²) in [4.78, 5) is 37.4. The number of halogens is 1. The lowest BCUT2D eigenvalue weighted by Crippen LogP contribution is -2.34. The number of anilines is 1. The van der Waals surface area contributed by atoms with E-state index in [1.807, 2.05) is 30.3 Å². The number of aromatic nitrogens is 3. The number of hydrogen-bond acceptors (Lipinski definition) is 6. The minimum Gasteiger partial charge on any atom is -0.354 e. The minimum atomic E-state index is -3.70. The van der Waals surface area contributed by atoms with Gasteiger partial charge < -0.3 is 15.2 Å². The molecule has 2 aromatic heterocycles. The number of aryl methyl sites for hydroxylation is 1. The molecular formula is C29H31BrN6O5S. The Hall–Kier alpha value is -3.97. The molecule has 0 atom stereocenters. The van der Waals surface area contributed by atoms with Crippen LogP contribution < -0.4 is 20.5 Å². The maximum absolute atomic E-state index is 13.1. The zero-order valence-electron chi connectivity index (χ0n) is 23.4. The number of fused-ring (bicyclic) bond motifs is 1. The van der Waals surface area contributed by atoms with Crippen LogP contribution in [0.25, 0.3) is 16.6 Å². The van der Waals surface area contributed by atoms with Gasteiger partial charge in [0.1, 0.15) is 5.69 Å². The zero-order chi connectivity index (χ0) is 30.2. The number of pyridine rings is 1. The van der Waals surface area contributed by atoms with Crippen molar-refractivity contribution in [2.24, 2.45) is 7.05 Å². The van der Waals surface area contributed by atoms with Gasteiger partial charge in [-0.05, 0) is 73.2 Å². The molecule has 0 unspecified atom stereocenters. The summed E-state index contributed by atoms with van der Waals surface area (Å²) in [6.07, 6.45) is 4.84. The molecule has 220 valence electrons. The van der Waals surface area contributed by atoms with Crippen molar-refractivity contribution < 1.29 is 18.0 Å². The van der Waals surface area contributed by atoms with Gasteiger partial charge in [-0.25, -0.2) is 13.1 Å². The van der Waals surface area contributed by atoms with Crippen molar-refractivity contribution in [3.05, 3.63) is 86.4 Å². The van der Waals surface area contributed by atoms with E-state index in [1.54, 1.807) is 30.9 Å². The van der Waals surface area contributed by atoms with Gasteiger partial charge in [0.15, 0.2) is 0 Å². The topological polar surface area (TPSA) is 135 Å². The molecule has 13 heteroatoms. The van der Waals surface area contributed by atoms with Gasteiger partial charge in [0, 0.05) is 54.9 Å². The normalized spacial score (nSPS) is 13.2. The molecule has 0 spiro atoms.